The third-order valence-electron chi connectivity index (χ3n) is 2.96. The summed E-state index contributed by atoms with van der Waals surface area (Å²) in [5.74, 6) is -1.51. The number of hydrogen-bond donors (Lipinski definition) is 2. The third kappa shape index (κ3) is 2.98. The van der Waals surface area contributed by atoms with Gasteiger partial charge in [0.15, 0.2) is 0 Å². The molecule has 1 aromatic heterocycles. The summed E-state index contributed by atoms with van der Waals surface area (Å²) in [7, 11) is 0. The molecule has 0 aliphatic carbocycles. The maximum atomic E-state index is 12.0. The number of aromatic nitrogens is 1. The van der Waals surface area contributed by atoms with Crippen LogP contribution in [0, 0.1) is 0 Å². The van der Waals surface area contributed by atoms with Crippen LogP contribution in [0.3, 0.4) is 0 Å². The van der Waals surface area contributed by atoms with Crippen molar-refractivity contribution in [2.45, 2.75) is 32.2 Å². The van der Waals surface area contributed by atoms with E-state index in [0.717, 1.165) is 0 Å². The average Bonchev–Trinajstić information content (AvgIpc) is 2.35. The Morgan fingerprint density at radius 3 is 2.50 bits per heavy atom. The van der Waals surface area contributed by atoms with Gasteiger partial charge in [-0.1, -0.05) is 25.4 Å². The van der Waals surface area contributed by atoms with Crippen molar-refractivity contribution in [2.24, 2.45) is 0 Å². The molecule has 0 fully saturated rings. The van der Waals surface area contributed by atoms with E-state index in [-0.39, 0.29) is 5.15 Å². The van der Waals surface area contributed by atoms with Gasteiger partial charge < -0.3 is 10.4 Å². The Balaban J connectivity index is 2.95. The zero-order chi connectivity index (χ0) is 13.8. The number of amides is 1. The van der Waals surface area contributed by atoms with Gasteiger partial charge >= 0.3 is 5.97 Å². The third-order valence-corrected chi connectivity index (χ3v) is 3.16. The molecule has 0 saturated carbocycles. The topological polar surface area (TPSA) is 79.3 Å². The number of hydrogen-bond acceptors (Lipinski definition) is 3. The zero-order valence-electron chi connectivity index (χ0n) is 10.2. The molecular weight excluding hydrogens is 256 g/mol. The largest absolute Gasteiger partial charge is 0.480 e. The number of carboxylic acid groups (broad SMARTS) is 1. The molecule has 0 aliphatic rings. The Morgan fingerprint density at radius 2 is 2.06 bits per heavy atom. The van der Waals surface area contributed by atoms with Gasteiger partial charge in [0.05, 0.1) is 0 Å². The standard InChI is InChI=1S/C12H15ClN2O3/c1-3-12(4-2,11(17)18)15-10(16)8-5-6-14-9(13)7-8/h5-7H,3-4H2,1-2H3,(H,15,16)(H,17,18). The number of halogens is 1. The number of rotatable bonds is 5. The van der Waals surface area contributed by atoms with Gasteiger partial charge in [-0.2, -0.15) is 0 Å². The highest BCUT2D eigenvalue weighted by Gasteiger charge is 2.36. The summed E-state index contributed by atoms with van der Waals surface area (Å²) in [4.78, 5) is 27.0. The van der Waals surface area contributed by atoms with Crippen LogP contribution < -0.4 is 5.32 Å². The number of nitrogens with zero attached hydrogens (tertiary/aromatic N) is 1. The molecule has 0 spiro atoms. The molecule has 1 amide bonds. The van der Waals surface area contributed by atoms with E-state index in [1.807, 2.05) is 0 Å². The molecule has 0 aliphatic heterocycles. The summed E-state index contributed by atoms with van der Waals surface area (Å²) in [6, 6.07) is 2.88. The van der Waals surface area contributed by atoms with Crippen LogP contribution in [0.1, 0.15) is 37.0 Å². The Labute approximate surface area is 110 Å². The summed E-state index contributed by atoms with van der Waals surface area (Å²) >= 11 is 5.68. The first-order valence-corrected chi connectivity index (χ1v) is 6.00. The Bertz CT molecular complexity index is 458. The van der Waals surface area contributed by atoms with Crippen LogP contribution in [-0.4, -0.2) is 27.5 Å². The number of carbonyl (C=O) groups excluding carboxylic acids is 1. The molecule has 1 rings (SSSR count). The van der Waals surface area contributed by atoms with Crippen molar-refractivity contribution in [3.8, 4) is 0 Å². The van der Waals surface area contributed by atoms with Crippen molar-refractivity contribution in [2.75, 3.05) is 0 Å². The summed E-state index contributed by atoms with van der Waals surface area (Å²) in [6.45, 7) is 3.44. The van der Waals surface area contributed by atoms with Gasteiger partial charge in [-0.05, 0) is 25.0 Å². The fourth-order valence-corrected chi connectivity index (χ4v) is 1.79. The van der Waals surface area contributed by atoms with Crippen molar-refractivity contribution in [3.05, 3.63) is 29.0 Å². The van der Waals surface area contributed by atoms with Gasteiger partial charge in [-0.15, -0.1) is 0 Å². The summed E-state index contributed by atoms with van der Waals surface area (Å²) in [6.07, 6.45) is 2.02. The molecule has 0 bridgehead atoms. The molecule has 18 heavy (non-hydrogen) atoms. The second-order valence-electron chi connectivity index (χ2n) is 3.92. The highest BCUT2D eigenvalue weighted by Crippen LogP contribution is 2.17. The Kier molecular flexibility index (Phi) is 4.67. The molecule has 98 valence electrons. The quantitative estimate of drug-likeness (QED) is 0.803. The Hall–Kier alpha value is -1.62. The molecular formula is C12H15ClN2O3. The minimum absolute atomic E-state index is 0.191. The van der Waals surface area contributed by atoms with Gasteiger partial charge in [-0.3, -0.25) is 4.79 Å². The normalized spacial score (nSPS) is 11.1. The van der Waals surface area contributed by atoms with Crippen molar-refractivity contribution >= 4 is 23.5 Å². The number of carbonyl (C=O) groups is 2. The van der Waals surface area contributed by atoms with Crippen LogP contribution in [0.2, 0.25) is 5.15 Å². The molecule has 0 aromatic carbocycles. The van der Waals surface area contributed by atoms with E-state index in [9.17, 15) is 14.7 Å². The maximum absolute atomic E-state index is 12.0. The fourth-order valence-electron chi connectivity index (χ4n) is 1.62. The lowest BCUT2D eigenvalue weighted by Gasteiger charge is -2.28. The molecule has 0 radical (unpaired) electrons. The summed E-state index contributed by atoms with van der Waals surface area (Å²) in [5, 5.41) is 12.0. The first-order chi connectivity index (χ1) is 8.45. The van der Waals surface area contributed by atoms with Crippen molar-refractivity contribution in [1.82, 2.24) is 10.3 Å². The first-order valence-electron chi connectivity index (χ1n) is 5.62. The number of aliphatic carboxylic acids is 1. The minimum Gasteiger partial charge on any atom is -0.480 e. The molecule has 2 N–H and O–H groups in total. The number of nitrogens with one attached hydrogen (secondary N) is 1. The molecule has 1 aromatic rings. The lowest BCUT2D eigenvalue weighted by molar-refractivity contribution is -0.144. The van der Waals surface area contributed by atoms with Gasteiger partial charge in [0, 0.05) is 11.8 Å². The van der Waals surface area contributed by atoms with Crippen LogP contribution in [0.5, 0.6) is 0 Å². The van der Waals surface area contributed by atoms with Gasteiger partial charge in [-0.25, -0.2) is 9.78 Å². The van der Waals surface area contributed by atoms with Crippen LogP contribution >= 0.6 is 11.6 Å². The molecule has 1 heterocycles. The summed E-state index contributed by atoms with van der Waals surface area (Å²) < 4.78 is 0. The van der Waals surface area contributed by atoms with Crippen LogP contribution in [0.25, 0.3) is 0 Å². The number of pyridine rings is 1. The van der Waals surface area contributed by atoms with E-state index in [1.165, 1.54) is 18.3 Å². The molecule has 5 nitrogen and oxygen atoms in total. The predicted octanol–water partition coefficient (Wildman–Crippen LogP) is 2.11. The van der Waals surface area contributed by atoms with Crippen LogP contribution in [0.15, 0.2) is 18.3 Å². The highest BCUT2D eigenvalue weighted by molar-refractivity contribution is 6.29. The smallest absolute Gasteiger partial charge is 0.329 e. The van der Waals surface area contributed by atoms with Crippen molar-refractivity contribution < 1.29 is 14.7 Å². The van der Waals surface area contributed by atoms with Gasteiger partial charge in [0.1, 0.15) is 10.7 Å². The minimum atomic E-state index is -1.24. The Morgan fingerprint density at radius 1 is 1.44 bits per heavy atom. The molecule has 0 unspecified atom stereocenters. The van der Waals surface area contributed by atoms with Crippen LogP contribution in [-0.2, 0) is 4.79 Å². The number of carboxylic acids is 1. The highest BCUT2D eigenvalue weighted by atomic mass is 35.5. The summed E-state index contributed by atoms with van der Waals surface area (Å²) in [5.41, 5.74) is -0.949. The van der Waals surface area contributed by atoms with Crippen LogP contribution in [0.4, 0.5) is 0 Å². The lowest BCUT2D eigenvalue weighted by atomic mass is 9.92. The SMILES string of the molecule is CCC(CC)(NC(=O)c1ccnc(Cl)c1)C(=O)O. The van der Waals surface area contributed by atoms with E-state index in [0.29, 0.717) is 18.4 Å². The van der Waals surface area contributed by atoms with Crippen molar-refractivity contribution in [3.63, 3.8) is 0 Å². The van der Waals surface area contributed by atoms with Gasteiger partial charge in [0.25, 0.3) is 5.91 Å². The zero-order valence-corrected chi connectivity index (χ0v) is 11.0. The van der Waals surface area contributed by atoms with Gasteiger partial charge in [0.2, 0.25) is 0 Å². The van der Waals surface area contributed by atoms with Crippen molar-refractivity contribution in [1.29, 1.82) is 0 Å². The molecule has 0 saturated heterocycles. The fraction of sp³-hybridized carbons (Fsp3) is 0.417. The molecule has 0 atom stereocenters. The average molecular weight is 271 g/mol. The predicted molar refractivity (Wildman–Crippen MR) is 67.7 cm³/mol. The lowest BCUT2D eigenvalue weighted by Crippen LogP contribution is -2.53. The van der Waals surface area contributed by atoms with E-state index in [2.05, 4.69) is 10.3 Å². The van der Waals surface area contributed by atoms with E-state index in [1.54, 1.807) is 13.8 Å². The second kappa shape index (κ2) is 5.82. The molecule has 6 heteroatoms. The van der Waals surface area contributed by atoms with E-state index >= 15 is 0 Å². The first kappa shape index (κ1) is 14.4. The maximum Gasteiger partial charge on any atom is 0.329 e. The van der Waals surface area contributed by atoms with E-state index in [4.69, 9.17) is 11.6 Å². The second-order valence-corrected chi connectivity index (χ2v) is 4.30. The monoisotopic (exact) mass is 270 g/mol. The van der Waals surface area contributed by atoms with E-state index < -0.39 is 17.4 Å².